The Bertz CT molecular complexity index is 1310. The van der Waals surface area contributed by atoms with Crippen LogP contribution in [-0.4, -0.2) is 23.7 Å². The molecule has 0 unspecified atom stereocenters. The van der Waals surface area contributed by atoms with E-state index in [1.54, 1.807) is 6.07 Å². The molecule has 1 aliphatic heterocycles. The van der Waals surface area contributed by atoms with Gasteiger partial charge in [0, 0.05) is 17.0 Å². The standard InChI is InChI=1S/C30H27NO5/c32-26(33)19-34-24-15-7-9-20(18-24)17-23-14-8-16-25-30(23,36-25)29-31-27(21-10-3-1-4-11-21)28(35-29)22-12-5-2-6-13-22/h1-7,9-13,15,18,23,25H,8,14,16-17,19H2,(H,32,33)/p-1/t23-,25-,30+/m0/s1. The van der Waals surface area contributed by atoms with Crippen LogP contribution in [-0.2, 0) is 21.6 Å². The SMILES string of the molecule is O=C([O-])COc1cccc(C[C@@H]2CCC[C@@H]3O[C@]23c2nc(-c3ccccc3)c(-c3ccccc3)o2)c1. The quantitative estimate of drug-likeness (QED) is 0.338. The van der Waals surface area contributed by atoms with Crippen LogP contribution >= 0.6 is 0 Å². The lowest BCUT2D eigenvalue weighted by Gasteiger charge is -2.26. The normalized spacial score (nSPS) is 22.6. The monoisotopic (exact) mass is 480 g/mol. The number of carboxylic acid groups (broad SMARTS) is 1. The van der Waals surface area contributed by atoms with Gasteiger partial charge in [0.25, 0.3) is 0 Å². The van der Waals surface area contributed by atoms with Crippen molar-refractivity contribution in [3.05, 3.63) is 96.4 Å². The maximum atomic E-state index is 10.8. The molecule has 2 aliphatic rings. The third-order valence-electron chi connectivity index (χ3n) is 7.17. The van der Waals surface area contributed by atoms with Crippen LogP contribution in [0.2, 0.25) is 0 Å². The minimum Gasteiger partial charge on any atom is -0.546 e. The molecule has 2 fully saturated rings. The van der Waals surface area contributed by atoms with E-state index in [4.69, 9.17) is 18.9 Å². The number of carbonyl (C=O) groups is 1. The van der Waals surface area contributed by atoms with Gasteiger partial charge in [0.2, 0.25) is 5.89 Å². The van der Waals surface area contributed by atoms with Gasteiger partial charge in [-0.3, -0.25) is 0 Å². The molecule has 0 spiro atoms. The average molecular weight is 481 g/mol. The van der Waals surface area contributed by atoms with Gasteiger partial charge in [-0.25, -0.2) is 4.98 Å². The Labute approximate surface area is 209 Å². The van der Waals surface area contributed by atoms with Gasteiger partial charge in [-0.15, -0.1) is 0 Å². The zero-order valence-electron chi connectivity index (χ0n) is 19.8. The van der Waals surface area contributed by atoms with Crippen LogP contribution in [0.1, 0.15) is 30.7 Å². The lowest BCUT2D eigenvalue weighted by atomic mass is 9.75. The van der Waals surface area contributed by atoms with Crippen LogP contribution in [0.5, 0.6) is 5.75 Å². The van der Waals surface area contributed by atoms with Crippen molar-refractivity contribution in [3.63, 3.8) is 0 Å². The number of carboxylic acids is 1. The van der Waals surface area contributed by atoms with Gasteiger partial charge in [0.15, 0.2) is 11.4 Å². The van der Waals surface area contributed by atoms with Crippen molar-refractivity contribution in [2.24, 2.45) is 5.92 Å². The zero-order chi connectivity index (χ0) is 24.5. The first kappa shape index (κ1) is 22.6. The molecule has 6 nitrogen and oxygen atoms in total. The van der Waals surface area contributed by atoms with Gasteiger partial charge in [0.05, 0.1) is 12.1 Å². The van der Waals surface area contributed by atoms with Gasteiger partial charge in [-0.1, -0.05) is 79.2 Å². The first-order chi connectivity index (χ1) is 17.6. The molecule has 0 amide bonds. The largest absolute Gasteiger partial charge is 0.546 e. The molecule has 0 radical (unpaired) electrons. The summed E-state index contributed by atoms with van der Waals surface area (Å²) < 4.78 is 18.3. The number of hydrogen-bond acceptors (Lipinski definition) is 6. The van der Waals surface area contributed by atoms with Crippen LogP contribution in [0.3, 0.4) is 0 Å². The van der Waals surface area contributed by atoms with Gasteiger partial charge in [0.1, 0.15) is 18.1 Å². The van der Waals surface area contributed by atoms with E-state index in [9.17, 15) is 9.90 Å². The molecule has 0 bridgehead atoms. The molecule has 0 N–H and O–H groups in total. The van der Waals surface area contributed by atoms with E-state index in [-0.39, 0.29) is 12.0 Å². The number of fused-ring (bicyclic) bond motifs is 1. The van der Waals surface area contributed by atoms with E-state index in [0.29, 0.717) is 11.6 Å². The fraction of sp³-hybridized carbons (Fsp3) is 0.267. The number of benzene rings is 3. The fourth-order valence-corrected chi connectivity index (χ4v) is 5.47. The number of ether oxygens (including phenoxy) is 2. The fourth-order valence-electron chi connectivity index (χ4n) is 5.47. The van der Waals surface area contributed by atoms with Crippen molar-refractivity contribution in [2.75, 3.05) is 6.61 Å². The number of rotatable bonds is 8. The number of hydrogen-bond donors (Lipinski definition) is 0. The molecule has 4 aromatic rings. The molecule has 1 aliphatic carbocycles. The molecule has 36 heavy (non-hydrogen) atoms. The molecular formula is C30H26NO5-. The zero-order valence-corrected chi connectivity index (χ0v) is 19.8. The first-order valence-electron chi connectivity index (χ1n) is 12.3. The average Bonchev–Trinajstić information content (AvgIpc) is 3.51. The van der Waals surface area contributed by atoms with Crippen molar-refractivity contribution in [2.45, 2.75) is 37.4 Å². The van der Waals surface area contributed by atoms with Crippen LogP contribution in [0.15, 0.2) is 89.3 Å². The molecule has 6 heteroatoms. The lowest BCUT2D eigenvalue weighted by Crippen LogP contribution is -2.30. The van der Waals surface area contributed by atoms with Gasteiger partial charge in [-0.2, -0.15) is 0 Å². The van der Waals surface area contributed by atoms with Gasteiger partial charge >= 0.3 is 0 Å². The summed E-state index contributed by atoms with van der Waals surface area (Å²) in [7, 11) is 0. The second-order valence-corrected chi connectivity index (χ2v) is 9.47. The van der Waals surface area contributed by atoms with Gasteiger partial charge < -0.3 is 23.8 Å². The summed E-state index contributed by atoms with van der Waals surface area (Å²) >= 11 is 0. The summed E-state index contributed by atoms with van der Waals surface area (Å²) in [6, 6.07) is 27.7. The van der Waals surface area contributed by atoms with Crippen molar-refractivity contribution in [1.29, 1.82) is 0 Å². The predicted octanol–water partition coefficient (Wildman–Crippen LogP) is 4.77. The maximum Gasteiger partial charge on any atom is 0.230 e. The Hall–Kier alpha value is -3.90. The van der Waals surface area contributed by atoms with Crippen LogP contribution in [0, 0.1) is 5.92 Å². The highest BCUT2D eigenvalue weighted by molar-refractivity contribution is 5.77. The third-order valence-corrected chi connectivity index (χ3v) is 7.17. The van der Waals surface area contributed by atoms with Gasteiger partial charge in [-0.05, 0) is 37.0 Å². The summed E-state index contributed by atoms with van der Waals surface area (Å²) in [6.45, 7) is -0.469. The second kappa shape index (κ2) is 9.28. The van der Waals surface area contributed by atoms with Crippen molar-refractivity contribution in [3.8, 4) is 28.3 Å². The highest BCUT2D eigenvalue weighted by Gasteiger charge is 2.67. The third kappa shape index (κ3) is 4.18. The number of nitrogens with zero attached hydrogens (tertiary/aromatic N) is 1. The smallest absolute Gasteiger partial charge is 0.230 e. The van der Waals surface area contributed by atoms with Crippen molar-refractivity contribution >= 4 is 5.97 Å². The van der Waals surface area contributed by atoms with Crippen molar-refractivity contribution < 1.29 is 23.8 Å². The van der Waals surface area contributed by atoms with Crippen molar-refractivity contribution in [1.82, 2.24) is 4.98 Å². The molecule has 3 atom stereocenters. The molecule has 3 aromatic carbocycles. The Kier molecular flexibility index (Phi) is 5.82. The highest BCUT2D eigenvalue weighted by atomic mass is 16.6. The minimum atomic E-state index is -1.24. The first-order valence-corrected chi connectivity index (χ1v) is 12.3. The number of aromatic nitrogens is 1. The number of aliphatic carboxylic acids is 1. The van der Waals surface area contributed by atoms with Crippen LogP contribution in [0.4, 0.5) is 0 Å². The predicted molar refractivity (Wildman–Crippen MR) is 132 cm³/mol. The summed E-state index contributed by atoms with van der Waals surface area (Å²) in [5.41, 5.74) is 3.31. The van der Waals surface area contributed by atoms with E-state index < -0.39 is 18.2 Å². The molecule has 1 aromatic heterocycles. The van der Waals surface area contributed by atoms with E-state index in [1.807, 2.05) is 78.9 Å². The maximum absolute atomic E-state index is 10.8. The highest BCUT2D eigenvalue weighted by Crippen LogP contribution is 2.59. The summed E-state index contributed by atoms with van der Waals surface area (Å²) in [5.74, 6) is 0.845. The topological polar surface area (TPSA) is 87.9 Å². The van der Waals surface area contributed by atoms with Crippen LogP contribution < -0.4 is 9.84 Å². The summed E-state index contributed by atoms with van der Waals surface area (Å²) in [4.78, 5) is 15.9. The van der Waals surface area contributed by atoms with Crippen LogP contribution in [0.25, 0.3) is 22.6 Å². The number of oxazole rings is 1. The molecule has 182 valence electrons. The Morgan fingerprint density at radius 1 is 0.972 bits per heavy atom. The molecule has 1 saturated heterocycles. The van der Waals surface area contributed by atoms with E-state index in [0.717, 1.165) is 53.8 Å². The summed E-state index contributed by atoms with van der Waals surface area (Å²) in [6.07, 6.45) is 3.89. The Morgan fingerprint density at radius 2 is 1.72 bits per heavy atom. The molecule has 6 rings (SSSR count). The molecule has 1 saturated carbocycles. The van der Waals surface area contributed by atoms with E-state index >= 15 is 0 Å². The Balaban J connectivity index is 1.35. The number of epoxide rings is 1. The van der Waals surface area contributed by atoms with E-state index in [1.165, 1.54) is 0 Å². The second-order valence-electron chi connectivity index (χ2n) is 9.47. The molecular weight excluding hydrogens is 454 g/mol. The van der Waals surface area contributed by atoms with E-state index in [2.05, 4.69) is 0 Å². The molecule has 2 heterocycles. The summed E-state index contributed by atoms with van der Waals surface area (Å²) in [5, 5.41) is 10.8. The Morgan fingerprint density at radius 3 is 2.47 bits per heavy atom. The lowest BCUT2D eigenvalue weighted by molar-refractivity contribution is -0.307. The number of carbonyl (C=O) groups excluding carboxylic acids is 1. The minimum absolute atomic E-state index is 0.0830.